The van der Waals surface area contributed by atoms with Crippen LogP contribution < -0.4 is 10.6 Å². The Hall–Kier alpha value is -3.04. The predicted octanol–water partition coefficient (Wildman–Crippen LogP) is 2.31. The van der Waals surface area contributed by atoms with Crippen molar-refractivity contribution in [2.24, 2.45) is 0 Å². The van der Waals surface area contributed by atoms with E-state index >= 15 is 0 Å². The van der Waals surface area contributed by atoms with Crippen LogP contribution in [0.1, 0.15) is 12.5 Å². The molecule has 0 saturated carbocycles. The highest BCUT2D eigenvalue weighted by atomic mass is 19.4. The first-order valence-corrected chi connectivity index (χ1v) is 6.72. The number of esters is 2. The third-order valence-corrected chi connectivity index (χ3v) is 2.78. The number of carbonyl (C=O) groups excluding carboxylic acids is 3. The van der Waals surface area contributed by atoms with Crippen LogP contribution in [0.25, 0.3) is 0 Å². The van der Waals surface area contributed by atoms with Crippen molar-refractivity contribution in [2.75, 3.05) is 24.9 Å². The SMILES string of the molecule is COC(=O)/C=C(/Nc1ccc(NC(C)=O)cc1C(F)(F)F)C(=O)OC. The molecule has 1 rings (SSSR count). The molecule has 0 unspecified atom stereocenters. The number of anilines is 2. The van der Waals surface area contributed by atoms with Crippen molar-refractivity contribution in [3.8, 4) is 0 Å². The summed E-state index contributed by atoms with van der Waals surface area (Å²) in [7, 11) is 2.04. The van der Waals surface area contributed by atoms with Crippen molar-refractivity contribution >= 4 is 29.2 Å². The van der Waals surface area contributed by atoms with Crippen LogP contribution in [0.3, 0.4) is 0 Å². The number of amides is 1. The van der Waals surface area contributed by atoms with Crippen molar-refractivity contribution < 1.29 is 37.0 Å². The van der Waals surface area contributed by atoms with Gasteiger partial charge < -0.3 is 20.1 Å². The lowest BCUT2D eigenvalue weighted by Gasteiger charge is -2.17. The molecule has 0 aliphatic carbocycles. The third-order valence-electron chi connectivity index (χ3n) is 2.78. The summed E-state index contributed by atoms with van der Waals surface area (Å²) in [5, 5.41) is 4.43. The molecule has 1 aromatic carbocycles. The molecule has 0 aliphatic rings. The van der Waals surface area contributed by atoms with Crippen LogP contribution in [0, 0.1) is 0 Å². The molecule has 25 heavy (non-hydrogen) atoms. The van der Waals surface area contributed by atoms with E-state index in [1.165, 1.54) is 6.07 Å². The largest absolute Gasteiger partial charge is 0.466 e. The van der Waals surface area contributed by atoms with Crippen LogP contribution in [-0.2, 0) is 30.0 Å². The minimum absolute atomic E-state index is 0.0815. The van der Waals surface area contributed by atoms with Crippen molar-refractivity contribution in [1.82, 2.24) is 0 Å². The second-order valence-corrected chi connectivity index (χ2v) is 4.64. The summed E-state index contributed by atoms with van der Waals surface area (Å²) in [4.78, 5) is 33.9. The molecule has 0 spiro atoms. The molecular weight excluding hydrogens is 345 g/mol. The van der Waals surface area contributed by atoms with Crippen molar-refractivity contribution in [1.29, 1.82) is 0 Å². The number of rotatable bonds is 5. The van der Waals surface area contributed by atoms with Gasteiger partial charge in [0.15, 0.2) is 0 Å². The zero-order valence-corrected chi connectivity index (χ0v) is 13.5. The number of hydrogen-bond acceptors (Lipinski definition) is 6. The van der Waals surface area contributed by atoms with E-state index in [9.17, 15) is 27.6 Å². The molecule has 10 heteroatoms. The summed E-state index contributed by atoms with van der Waals surface area (Å²) in [5.74, 6) is -2.57. The summed E-state index contributed by atoms with van der Waals surface area (Å²) in [6, 6.07) is 2.89. The molecule has 0 aromatic heterocycles. The van der Waals surface area contributed by atoms with E-state index in [1.54, 1.807) is 0 Å². The number of methoxy groups -OCH3 is 2. The van der Waals surface area contributed by atoms with E-state index in [2.05, 4.69) is 20.1 Å². The Bertz CT molecular complexity index is 714. The Morgan fingerprint density at radius 1 is 1.08 bits per heavy atom. The first-order chi connectivity index (χ1) is 11.6. The van der Waals surface area contributed by atoms with Crippen LogP contribution in [0.2, 0.25) is 0 Å². The molecule has 136 valence electrons. The van der Waals surface area contributed by atoms with Gasteiger partial charge in [-0.15, -0.1) is 0 Å². The number of carbonyl (C=O) groups is 3. The van der Waals surface area contributed by atoms with E-state index in [-0.39, 0.29) is 5.69 Å². The molecule has 2 N–H and O–H groups in total. The monoisotopic (exact) mass is 360 g/mol. The molecule has 1 amide bonds. The molecule has 0 aliphatic heterocycles. The Labute approximate surface area is 140 Å². The number of benzene rings is 1. The lowest BCUT2D eigenvalue weighted by atomic mass is 10.1. The topological polar surface area (TPSA) is 93.7 Å². The second-order valence-electron chi connectivity index (χ2n) is 4.64. The highest BCUT2D eigenvalue weighted by molar-refractivity contribution is 5.99. The lowest BCUT2D eigenvalue weighted by molar-refractivity contribution is -0.138. The molecule has 0 atom stereocenters. The first-order valence-electron chi connectivity index (χ1n) is 6.72. The minimum atomic E-state index is -4.79. The summed E-state index contributed by atoms with van der Waals surface area (Å²) >= 11 is 0. The van der Waals surface area contributed by atoms with Gasteiger partial charge in [-0.2, -0.15) is 13.2 Å². The third kappa shape index (κ3) is 5.83. The van der Waals surface area contributed by atoms with Gasteiger partial charge in [0.2, 0.25) is 5.91 Å². The Balaban J connectivity index is 3.34. The number of alkyl halides is 3. The zero-order chi connectivity index (χ0) is 19.2. The van der Waals surface area contributed by atoms with Crippen LogP contribution in [0.5, 0.6) is 0 Å². The van der Waals surface area contributed by atoms with E-state index < -0.39 is 41.0 Å². The Morgan fingerprint density at radius 3 is 2.20 bits per heavy atom. The normalized spacial score (nSPS) is 11.5. The van der Waals surface area contributed by atoms with E-state index in [0.29, 0.717) is 12.1 Å². The molecule has 1 aromatic rings. The van der Waals surface area contributed by atoms with Crippen molar-refractivity contribution in [3.05, 3.63) is 35.5 Å². The maximum atomic E-state index is 13.2. The highest BCUT2D eigenvalue weighted by Gasteiger charge is 2.34. The highest BCUT2D eigenvalue weighted by Crippen LogP contribution is 2.37. The number of nitrogens with one attached hydrogen (secondary N) is 2. The van der Waals surface area contributed by atoms with Gasteiger partial charge >= 0.3 is 18.1 Å². The van der Waals surface area contributed by atoms with Gasteiger partial charge in [-0.1, -0.05) is 0 Å². The summed E-state index contributed by atoms with van der Waals surface area (Å²) in [5.41, 5.74) is -2.30. The van der Waals surface area contributed by atoms with Gasteiger partial charge in [-0.05, 0) is 18.2 Å². The van der Waals surface area contributed by atoms with E-state index in [4.69, 9.17) is 0 Å². The average Bonchev–Trinajstić information content (AvgIpc) is 2.53. The fourth-order valence-corrected chi connectivity index (χ4v) is 1.75. The molecule has 0 bridgehead atoms. The number of halogens is 3. The molecule has 0 radical (unpaired) electrons. The summed E-state index contributed by atoms with van der Waals surface area (Å²) in [6.45, 7) is 1.15. The van der Waals surface area contributed by atoms with Gasteiger partial charge in [0, 0.05) is 12.6 Å². The molecule has 0 saturated heterocycles. The van der Waals surface area contributed by atoms with Crippen molar-refractivity contribution in [3.63, 3.8) is 0 Å². The van der Waals surface area contributed by atoms with Crippen LogP contribution >= 0.6 is 0 Å². The predicted molar refractivity (Wildman–Crippen MR) is 81.5 cm³/mol. The van der Waals surface area contributed by atoms with Gasteiger partial charge in [-0.3, -0.25) is 4.79 Å². The second kappa shape index (κ2) is 8.18. The van der Waals surface area contributed by atoms with Crippen LogP contribution in [0.15, 0.2) is 30.0 Å². The van der Waals surface area contributed by atoms with Gasteiger partial charge in [0.05, 0.1) is 31.5 Å². The standard InChI is InChI=1S/C15H15F3N2O5/c1-8(21)19-9-4-5-11(10(6-9)15(16,17)18)20-12(14(23)25-3)7-13(22)24-2/h4-7,20H,1-3H3,(H,19,21)/b12-7+. The van der Waals surface area contributed by atoms with Crippen LogP contribution in [0.4, 0.5) is 24.5 Å². The number of hydrogen-bond donors (Lipinski definition) is 2. The minimum Gasteiger partial charge on any atom is -0.466 e. The average molecular weight is 360 g/mol. The summed E-state index contributed by atoms with van der Waals surface area (Å²) < 4.78 is 48.5. The smallest absolute Gasteiger partial charge is 0.418 e. The fraction of sp³-hybridized carbons (Fsp3) is 0.267. The maximum absolute atomic E-state index is 13.2. The van der Waals surface area contributed by atoms with Gasteiger partial charge in [0.1, 0.15) is 5.70 Å². The van der Waals surface area contributed by atoms with Crippen LogP contribution in [-0.4, -0.2) is 32.1 Å². The van der Waals surface area contributed by atoms with Gasteiger partial charge in [0.25, 0.3) is 0 Å². The Morgan fingerprint density at radius 2 is 1.72 bits per heavy atom. The molecule has 0 fully saturated rings. The fourth-order valence-electron chi connectivity index (χ4n) is 1.75. The zero-order valence-electron chi connectivity index (χ0n) is 13.5. The molecular formula is C15H15F3N2O5. The van der Waals surface area contributed by atoms with Crippen molar-refractivity contribution in [2.45, 2.75) is 13.1 Å². The quantitative estimate of drug-likeness (QED) is 0.618. The van der Waals surface area contributed by atoms with E-state index in [1.807, 2.05) is 0 Å². The maximum Gasteiger partial charge on any atom is 0.418 e. The number of ether oxygens (including phenoxy) is 2. The molecule has 0 heterocycles. The molecule has 7 nitrogen and oxygen atoms in total. The first kappa shape index (κ1) is 20.0. The van der Waals surface area contributed by atoms with Gasteiger partial charge in [-0.25, -0.2) is 9.59 Å². The lowest BCUT2D eigenvalue weighted by Crippen LogP contribution is -2.18. The Kier molecular flexibility index (Phi) is 6.54. The van der Waals surface area contributed by atoms with E-state index in [0.717, 1.165) is 27.2 Å². The summed E-state index contributed by atoms with van der Waals surface area (Å²) in [6.07, 6.45) is -4.13.